The zero-order valence-electron chi connectivity index (χ0n) is 12.0. The van der Waals surface area contributed by atoms with Crippen molar-refractivity contribution in [2.45, 2.75) is 0 Å². The minimum absolute atomic E-state index is 0.113. The maximum absolute atomic E-state index is 14.0. The number of aromatic amines is 1. The fourth-order valence-corrected chi connectivity index (χ4v) is 2.45. The van der Waals surface area contributed by atoms with Crippen molar-refractivity contribution >= 4 is 38.6 Å². The molecule has 2 aromatic rings. The van der Waals surface area contributed by atoms with Crippen LogP contribution in [0.25, 0.3) is 10.9 Å². The molecule has 0 aliphatic heterocycles. The predicted octanol–water partition coefficient (Wildman–Crippen LogP) is 0.352. The first-order valence-electron chi connectivity index (χ1n) is 6.10. The van der Waals surface area contributed by atoms with E-state index in [0.717, 1.165) is 31.7 Å². The van der Waals surface area contributed by atoms with Gasteiger partial charge in [-0.3, -0.25) is 9.59 Å². The van der Waals surface area contributed by atoms with Crippen molar-refractivity contribution in [3.8, 4) is 0 Å². The van der Waals surface area contributed by atoms with Crippen molar-refractivity contribution in [1.29, 1.82) is 0 Å². The Balaban J connectivity index is 2.62. The van der Waals surface area contributed by atoms with Crippen LogP contribution in [0.1, 0.15) is 20.7 Å². The summed E-state index contributed by atoms with van der Waals surface area (Å²) in [5.74, 6) is -4.16. The van der Waals surface area contributed by atoms with Crippen LogP contribution in [0, 0.1) is 5.82 Å². The number of aromatic nitrogens is 1. The molecule has 0 aliphatic carbocycles. The van der Waals surface area contributed by atoms with Crippen molar-refractivity contribution in [1.82, 2.24) is 9.71 Å². The van der Waals surface area contributed by atoms with Gasteiger partial charge in [-0.25, -0.2) is 22.3 Å². The Morgan fingerprint density at radius 2 is 1.87 bits per heavy atom. The molecule has 2 N–H and O–H groups in total. The largest absolute Gasteiger partial charge is 0.463 e. The van der Waals surface area contributed by atoms with E-state index in [-0.39, 0.29) is 22.0 Å². The van der Waals surface area contributed by atoms with Gasteiger partial charge in [-0.15, -0.1) is 0 Å². The number of fused-ring (bicyclic) bond motifs is 1. The highest BCUT2D eigenvalue weighted by Crippen LogP contribution is 2.25. The Bertz CT molecular complexity index is 931. The van der Waals surface area contributed by atoms with Crippen molar-refractivity contribution in [2.24, 2.45) is 0 Å². The van der Waals surface area contributed by atoms with E-state index in [1.807, 2.05) is 0 Å². The summed E-state index contributed by atoms with van der Waals surface area (Å²) in [5.41, 5.74) is -0.632. The quantitative estimate of drug-likeness (QED) is 0.470. The van der Waals surface area contributed by atoms with E-state index >= 15 is 0 Å². The average Bonchev–Trinajstić information content (AvgIpc) is 2.89. The van der Waals surface area contributed by atoms with Gasteiger partial charge in [0.25, 0.3) is 11.7 Å². The summed E-state index contributed by atoms with van der Waals surface area (Å²) in [6.45, 7) is 0. The molecule has 2 rings (SSSR count). The number of nitrogens with one attached hydrogen (secondary N) is 2. The number of hydrogen-bond acceptors (Lipinski definition) is 6. The number of methoxy groups -OCH3 is 1. The van der Waals surface area contributed by atoms with Gasteiger partial charge in [0.2, 0.25) is 10.0 Å². The van der Waals surface area contributed by atoms with E-state index in [4.69, 9.17) is 0 Å². The molecule has 0 unspecified atom stereocenters. The number of esters is 1. The number of ether oxygens (including phenoxy) is 1. The van der Waals surface area contributed by atoms with Gasteiger partial charge < -0.3 is 9.72 Å². The zero-order chi connectivity index (χ0) is 17.4. The third-order valence-corrected chi connectivity index (χ3v) is 3.48. The smallest absolute Gasteiger partial charge is 0.379 e. The molecule has 1 aromatic carbocycles. The standard InChI is InChI=1S/C13H11FN2O6S/c1-22-13(19)11(17)7-5-15-10-6(3-4-8(14)9(7)10)12(18)16-23(2,20)21/h3-5,15H,1-2H3,(H,16,18). The first-order chi connectivity index (χ1) is 10.7. The second-order valence-electron chi connectivity index (χ2n) is 4.57. The SMILES string of the molecule is COC(=O)C(=O)c1c[nH]c2c(C(=O)NS(C)(=O)=O)ccc(F)c12. The number of carbonyl (C=O) groups is 3. The molecule has 0 atom stereocenters. The van der Waals surface area contributed by atoms with Crippen LogP contribution in [0.15, 0.2) is 18.3 Å². The summed E-state index contributed by atoms with van der Waals surface area (Å²) in [6, 6.07) is 1.95. The van der Waals surface area contributed by atoms with Gasteiger partial charge >= 0.3 is 5.97 Å². The van der Waals surface area contributed by atoms with Gasteiger partial charge in [0.15, 0.2) is 0 Å². The second-order valence-corrected chi connectivity index (χ2v) is 6.32. The summed E-state index contributed by atoms with van der Waals surface area (Å²) in [6.07, 6.45) is 1.83. The van der Waals surface area contributed by atoms with Crippen LogP contribution in [-0.4, -0.2) is 44.4 Å². The maximum Gasteiger partial charge on any atom is 0.379 e. The van der Waals surface area contributed by atoms with Gasteiger partial charge in [-0.2, -0.15) is 0 Å². The molecule has 0 saturated carbocycles. The second kappa shape index (κ2) is 5.80. The van der Waals surface area contributed by atoms with Crippen LogP contribution in [0.3, 0.4) is 0 Å². The van der Waals surface area contributed by atoms with E-state index in [1.54, 1.807) is 4.72 Å². The van der Waals surface area contributed by atoms with E-state index in [2.05, 4.69) is 9.72 Å². The first-order valence-corrected chi connectivity index (χ1v) is 7.99. The summed E-state index contributed by atoms with van der Waals surface area (Å²) < 4.78 is 42.3. The van der Waals surface area contributed by atoms with Crippen LogP contribution >= 0.6 is 0 Å². The number of sulfonamides is 1. The van der Waals surface area contributed by atoms with Crippen molar-refractivity contribution in [2.75, 3.05) is 13.4 Å². The minimum atomic E-state index is -3.83. The van der Waals surface area contributed by atoms with Crippen LogP contribution < -0.4 is 4.72 Å². The lowest BCUT2D eigenvalue weighted by Crippen LogP contribution is -2.29. The third-order valence-electron chi connectivity index (χ3n) is 2.92. The lowest BCUT2D eigenvalue weighted by Gasteiger charge is -2.05. The molecule has 8 nitrogen and oxygen atoms in total. The summed E-state index contributed by atoms with van der Waals surface area (Å²) in [5, 5.41) is -0.304. The van der Waals surface area contributed by atoms with Gasteiger partial charge in [0.05, 0.1) is 30.0 Å². The number of carbonyl (C=O) groups excluding carboxylic acids is 3. The number of hydrogen-bond donors (Lipinski definition) is 2. The molecule has 10 heteroatoms. The van der Waals surface area contributed by atoms with Crippen molar-refractivity contribution in [3.63, 3.8) is 0 Å². The molecule has 0 fully saturated rings. The van der Waals surface area contributed by atoms with E-state index in [1.165, 1.54) is 0 Å². The Kier molecular flexibility index (Phi) is 4.19. The Labute approximate surface area is 129 Å². The molecule has 1 heterocycles. The number of Topliss-reactive ketones (excluding diaryl/α,β-unsaturated/α-hetero) is 1. The number of halogens is 1. The summed E-state index contributed by atoms with van der Waals surface area (Å²) in [4.78, 5) is 37.6. The Hall–Kier alpha value is -2.75. The van der Waals surface area contributed by atoms with Crippen molar-refractivity contribution < 1.29 is 31.9 Å². The Morgan fingerprint density at radius 3 is 2.43 bits per heavy atom. The fourth-order valence-electron chi connectivity index (χ4n) is 2.00. The first kappa shape index (κ1) is 16.6. The molecule has 122 valence electrons. The van der Waals surface area contributed by atoms with E-state index in [9.17, 15) is 27.2 Å². The third kappa shape index (κ3) is 3.21. The van der Waals surface area contributed by atoms with Crippen LogP contribution in [0.4, 0.5) is 4.39 Å². The highest BCUT2D eigenvalue weighted by molar-refractivity contribution is 7.89. The fraction of sp³-hybridized carbons (Fsp3) is 0.154. The van der Waals surface area contributed by atoms with Crippen LogP contribution in [0.5, 0.6) is 0 Å². The summed E-state index contributed by atoms with van der Waals surface area (Å²) in [7, 11) is -2.83. The van der Waals surface area contributed by atoms with Gasteiger partial charge in [0, 0.05) is 11.6 Å². The minimum Gasteiger partial charge on any atom is -0.463 e. The average molecular weight is 342 g/mol. The highest BCUT2D eigenvalue weighted by atomic mass is 32.2. The molecule has 0 saturated heterocycles. The number of H-pyrrole nitrogens is 1. The normalized spacial score (nSPS) is 11.3. The van der Waals surface area contributed by atoms with Crippen molar-refractivity contribution in [3.05, 3.63) is 35.3 Å². The lowest BCUT2D eigenvalue weighted by molar-refractivity contribution is -0.135. The van der Waals surface area contributed by atoms with Gasteiger partial charge in [-0.1, -0.05) is 0 Å². The van der Waals surface area contributed by atoms with Gasteiger partial charge in [-0.05, 0) is 12.1 Å². The molecule has 23 heavy (non-hydrogen) atoms. The number of ketones is 1. The number of rotatable bonds is 4. The van der Waals surface area contributed by atoms with E-state index in [0.29, 0.717) is 0 Å². The van der Waals surface area contributed by atoms with E-state index < -0.39 is 33.5 Å². The predicted molar refractivity (Wildman–Crippen MR) is 76.9 cm³/mol. The monoisotopic (exact) mass is 342 g/mol. The van der Waals surface area contributed by atoms with Gasteiger partial charge in [0.1, 0.15) is 5.82 Å². The Morgan fingerprint density at radius 1 is 1.22 bits per heavy atom. The highest BCUT2D eigenvalue weighted by Gasteiger charge is 2.25. The molecular formula is C13H11FN2O6S. The molecule has 0 spiro atoms. The number of amides is 1. The molecular weight excluding hydrogens is 331 g/mol. The lowest BCUT2D eigenvalue weighted by atomic mass is 10.1. The summed E-state index contributed by atoms with van der Waals surface area (Å²) >= 11 is 0. The zero-order valence-corrected chi connectivity index (χ0v) is 12.8. The maximum atomic E-state index is 14.0. The molecule has 0 radical (unpaired) electrons. The molecule has 0 aliphatic rings. The van der Waals surface area contributed by atoms with Crippen LogP contribution in [-0.2, 0) is 19.6 Å². The molecule has 1 amide bonds. The van der Waals surface area contributed by atoms with Crippen LogP contribution in [0.2, 0.25) is 0 Å². The topological polar surface area (TPSA) is 122 Å². The number of benzene rings is 1. The molecule has 0 bridgehead atoms. The molecule has 1 aromatic heterocycles.